The molecule has 2 N–H and O–H groups in total. The maximum absolute atomic E-state index is 12.7. The highest BCUT2D eigenvalue weighted by Crippen LogP contribution is 2.26. The van der Waals surface area contributed by atoms with Gasteiger partial charge in [-0.3, -0.25) is 4.57 Å². The van der Waals surface area contributed by atoms with Gasteiger partial charge in [-0.15, -0.1) is 5.10 Å². The fourth-order valence-electron chi connectivity index (χ4n) is 3.25. The van der Waals surface area contributed by atoms with Crippen LogP contribution in [-0.4, -0.2) is 28.2 Å². The number of rotatable bonds is 7. The Balaban J connectivity index is 1.56. The van der Waals surface area contributed by atoms with E-state index < -0.39 is 16.1 Å². The molecule has 1 atom stereocenters. The fourth-order valence-corrected chi connectivity index (χ4v) is 4.45. The minimum absolute atomic E-state index is 0.0663. The average molecular weight is 436 g/mol. The van der Waals surface area contributed by atoms with Gasteiger partial charge in [0.25, 0.3) is 0 Å². The highest BCUT2D eigenvalue weighted by atomic mass is 32.2. The fraction of sp³-hybridized carbons (Fsp3) is 0.190. The van der Waals surface area contributed by atoms with Gasteiger partial charge in [0.15, 0.2) is 5.82 Å². The SMILES string of the molecule is CCn1c(Oc2ccc3cc[nH]c3c2)nnc1[C@@H](C)NS(=O)(=O)c1ccc(C#N)cc1. The number of nitriles is 1. The molecule has 0 saturated heterocycles. The predicted molar refractivity (Wildman–Crippen MR) is 114 cm³/mol. The van der Waals surface area contributed by atoms with Gasteiger partial charge in [0, 0.05) is 24.3 Å². The normalized spacial score (nSPS) is 12.5. The number of aromatic nitrogens is 4. The largest absolute Gasteiger partial charge is 0.424 e. The molecule has 158 valence electrons. The van der Waals surface area contributed by atoms with E-state index in [-0.39, 0.29) is 10.9 Å². The minimum atomic E-state index is -3.81. The first-order valence-corrected chi connectivity index (χ1v) is 11.1. The molecule has 0 fully saturated rings. The number of fused-ring (bicyclic) bond motifs is 1. The molecule has 0 aliphatic carbocycles. The molecule has 2 aromatic carbocycles. The van der Waals surface area contributed by atoms with E-state index in [1.54, 1.807) is 11.5 Å². The molecule has 4 aromatic rings. The van der Waals surface area contributed by atoms with E-state index >= 15 is 0 Å². The third-order valence-electron chi connectivity index (χ3n) is 4.81. The van der Waals surface area contributed by atoms with Crippen molar-refractivity contribution in [2.75, 3.05) is 0 Å². The summed E-state index contributed by atoms with van der Waals surface area (Å²) in [5.74, 6) is 1.02. The zero-order chi connectivity index (χ0) is 22.0. The minimum Gasteiger partial charge on any atom is -0.424 e. The van der Waals surface area contributed by atoms with Gasteiger partial charge in [-0.25, -0.2) is 13.1 Å². The van der Waals surface area contributed by atoms with E-state index in [4.69, 9.17) is 10.00 Å². The van der Waals surface area contributed by atoms with E-state index in [0.29, 0.717) is 23.7 Å². The van der Waals surface area contributed by atoms with Crippen LogP contribution in [-0.2, 0) is 16.6 Å². The highest BCUT2D eigenvalue weighted by molar-refractivity contribution is 7.89. The van der Waals surface area contributed by atoms with Crippen LogP contribution in [0.25, 0.3) is 10.9 Å². The number of H-pyrrole nitrogens is 1. The quantitative estimate of drug-likeness (QED) is 0.457. The Hall–Kier alpha value is -3.68. The first-order chi connectivity index (χ1) is 14.9. The summed E-state index contributed by atoms with van der Waals surface area (Å²) in [5.41, 5.74) is 1.32. The molecule has 9 nitrogen and oxygen atoms in total. The Kier molecular flexibility index (Phi) is 5.46. The predicted octanol–water partition coefficient (Wildman–Crippen LogP) is 3.48. The summed E-state index contributed by atoms with van der Waals surface area (Å²) < 4.78 is 35.7. The van der Waals surface area contributed by atoms with E-state index in [1.165, 1.54) is 24.3 Å². The van der Waals surface area contributed by atoms with Gasteiger partial charge in [0.2, 0.25) is 10.0 Å². The molecule has 2 heterocycles. The van der Waals surface area contributed by atoms with E-state index in [0.717, 1.165) is 10.9 Å². The molecule has 0 amide bonds. The lowest BCUT2D eigenvalue weighted by atomic mass is 10.2. The van der Waals surface area contributed by atoms with Crippen molar-refractivity contribution < 1.29 is 13.2 Å². The van der Waals surface area contributed by atoms with Crippen molar-refractivity contribution in [1.82, 2.24) is 24.5 Å². The van der Waals surface area contributed by atoms with Crippen molar-refractivity contribution in [2.45, 2.75) is 31.3 Å². The lowest BCUT2D eigenvalue weighted by Gasteiger charge is -2.15. The summed E-state index contributed by atoms with van der Waals surface area (Å²) in [7, 11) is -3.81. The van der Waals surface area contributed by atoms with Crippen LogP contribution in [0.1, 0.15) is 31.3 Å². The lowest BCUT2D eigenvalue weighted by Crippen LogP contribution is -2.29. The number of benzene rings is 2. The third kappa shape index (κ3) is 4.14. The summed E-state index contributed by atoms with van der Waals surface area (Å²) in [6.45, 7) is 4.08. The van der Waals surface area contributed by atoms with E-state index in [2.05, 4.69) is 19.9 Å². The van der Waals surface area contributed by atoms with Crippen LogP contribution >= 0.6 is 0 Å². The second-order valence-corrected chi connectivity index (χ2v) is 8.61. The standard InChI is InChI=1S/C21H20N6O3S/c1-3-27-20(14(2)26-31(28,29)18-8-4-15(13-22)5-9-18)24-25-21(27)30-17-7-6-16-10-11-23-19(16)12-17/h4-12,14,23,26H,3H2,1-2H3/t14-/m1/s1. The summed E-state index contributed by atoms with van der Waals surface area (Å²) in [6, 6.07) is 14.9. The number of sulfonamides is 1. The average Bonchev–Trinajstić information content (AvgIpc) is 3.39. The molecule has 0 radical (unpaired) electrons. The van der Waals surface area contributed by atoms with Gasteiger partial charge >= 0.3 is 6.01 Å². The molecule has 0 aliphatic rings. The first-order valence-electron chi connectivity index (χ1n) is 9.62. The van der Waals surface area contributed by atoms with Crippen LogP contribution in [0, 0.1) is 11.3 Å². The van der Waals surface area contributed by atoms with Crippen molar-refractivity contribution in [2.24, 2.45) is 0 Å². The summed E-state index contributed by atoms with van der Waals surface area (Å²) in [5, 5.41) is 18.2. The number of hydrogen-bond donors (Lipinski definition) is 2. The summed E-state index contributed by atoms with van der Waals surface area (Å²) in [6.07, 6.45) is 1.85. The topological polar surface area (TPSA) is 126 Å². The molecule has 0 spiro atoms. The second kappa shape index (κ2) is 8.22. The summed E-state index contributed by atoms with van der Waals surface area (Å²) in [4.78, 5) is 3.20. The molecule has 0 bridgehead atoms. The molecular weight excluding hydrogens is 416 g/mol. The molecule has 0 saturated carbocycles. The van der Waals surface area contributed by atoms with Crippen LogP contribution in [0.4, 0.5) is 0 Å². The van der Waals surface area contributed by atoms with Crippen LogP contribution in [0.2, 0.25) is 0 Å². The van der Waals surface area contributed by atoms with Gasteiger partial charge in [-0.2, -0.15) is 5.26 Å². The van der Waals surface area contributed by atoms with Gasteiger partial charge in [0.1, 0.15) is 5.75 Å². The number of ether oxygens (including phenoxy) is 1. The van der Waals surface area contributed by atoms with Crippen molar-refractivity contribution in [3.05, 3.63) is 66.1 Å². The Morgan fingerprint density at radius 1 is 1.19 bits per heavy atom. The Labute approximate surface area is 179 Å². The second-order valence-electron chi connectivity index (χ2n) is 6.89. The zero-order valence-corrected chi connectivity index (χ0v) is 17.7. The lowest BCUT2D eigenvalue weighted by molar-refractivity contribution is 0.408. The molecule has 0 unspecified atom stereocenters. The number of hydrogen-bond acceptors (Lipinski definition) is 6. The molecule has 2 aromatic heterocycles. The van der Waals surface area contributed by atoms with Crippen LogP contribution < -0.4 is 9.46 Å². The number of nitrogens with one attached hydrogen (secondary N) is 2. The van der Waals surface area contributed by atoms with Crippen molar-refractivity contribution in [1.29, 1.82) is 5.26 Å². The number of nitrogens with zero attached hydrogens (tertiary/aromatic N) is 4. The molecule has 4 rings (SSSR count). The third-order valence-corrected chi connectivity index (χ3v) is 6.37. The Bertz CT molecular complexity index is 1370. The van der Waals surface area contributed by atoms with E-state index in [1.807, 2.05) is 43.5 Å². The molecule has 0 aliphatic heterocycles. The van der Waals surface area contributed by atoms with Crippen LogP contribution in [0.3, 0.4) is 0 Å². The Morgan fingerprint density at radius 3 is 2.68 bits per heavy atom. The highest BCUT2D eigenvalue weighted by Gasteiger charge is 2.24. The monoisotopic (exact) mass is 436 g/mol. The van der Waals surface area contributed by atoms with Crippen molar-refractivity contribution >= 4 is 20.9 Å². The van der Waals surface area contributed by atoms with Crippen LogP contribution in [0.15, 0.2) is 59.6 Å². The van der Waals surface area contributed by atoms with Gasteiger partial charge in [-0.05, 0) is 61.7 Å². The van der Waals surface area contributed by atoms with Crippen LogP contribution in [0.5, 0.6) is 11.8 Å². The molecule has 10 heteroatoms. The maximum atomic E-state index is 12.7. The van der Waals surface area contributed by atoms with Gasteiger partial charge < -0.3 is 9.72 Å². The Morgan fingerprint density at radius 2 is 1.97 bits per heavy atom. The first kappa shape index (κ1) is 20.6. The zero-order valence-electron chi connectivity index (χ0n) is 16.9. The van der Waals surface area contributed by atoms with Crippen molar-refractivity contribution in [3.8, 4) is 17.8 Å². The smallest absolute Gasteiger partial charge is 0.322 e. The van der Waals surface area contributed by atoms with Gasteiger partial charge in [0.05, 0.1) is 22.6 Å². The van der Waals surface area contributed by atoms with Gasteiger partial charge in [-0.1, -0.05) is 5.10 Å². The summed E-state index contributed by atoms with van der Waals surface area (Å²) >= 11 is 0. The van der Waals surface area contributed by atoms with E-state index in [9.17, 15) is 8.42 Å². The number of aromatic amines is 1. The maximum Gasteiger partial charge on any atom is 0.322 e. The molecule has 31 heavy (non-hydrogen) atoms. The van der Waals surface area contributed by atoms with Crippen molar-refractivity contribution in [3.63, 3.8) is 0 Å². The molecular formula is C21H20N6O3S.